The van der Waals surface area contributed by atoms with Crippen molar-refractivity contribution in [3.8, 4) is 0 Å². The van der Waals surface area contributed by atoms with E-state index in [0.29, 0.717) is 16.7 Å². The third-order valence-electron chi connectivity index (χ3n) is 3.74. The van der Waals surface area contributed by atoms with Gasteiger partial charge in [-0.2, -0.15) is 5.10 Å². The lowest BCUT2D eigenvalue weighted by Gasteiger charge is -2.09. The summed E-state index contributed by atoms with van der Waals surface area (Å²) in [6, 6.07) is 9.49. The van der Waals surface area contributed by atoms with Crippen LogP contribution in [0.1, 0.15) is 17.8 Å². The minimum atomic E-state index is -0.0345. The van der Waals surface area contributed by atoms with Crippen LogP contribution < -0.4 is 5.56 Å². The average Bonchev–Trinajstić information content (AvgIpc) is 2.80. The summed E-state index contributed by atoms with van der Waals surface area (Å²) in [5.74, 6) is 0. The number of aromatic nitrogens is 4. The Hall–Kier alpha value is -2.21. The van der Waals surface area contributed by atoms with Crippen molar-refractivity contribution in [2.24, 2.45) is 0 Å². The number of fused-ring (bicyclic) bond motifs is 1. The number of hydrogen-bond donors (Lipinski definition) is 1. The van der Waals surface area contributed by atoms with Crippen LogP contribution in [0.4, 0.5) is 0 Å². The Labute approximate surface area is 133 Å². The molecule has 0 radical (unpaired) electrons. The van der Waals surface area contributed by atoms with Gasteiger partial charge in [-0.25, -0.2) is 0 Å². The fourth-order valence-corrected chi connectivity index (χ4v) is 2.97. The minimum Gasteiger partial charge on any atom is -0.332 e. The smallest absolute Gasteiger partial charge is 0.262 e. The first-order valence-electron chi connectivity index (χ1n) is 7.29. The van der Waals surface area contributed by atoms with Gasteiger partial charge in [-0.3, -0.25) is 14.0 Å². The van der Waals surface area contributed by atoms with E-state index in [2.05, 4.69) is 16.1 Å². The lowest BCUT2D eigenvalue weighted by atomic mass is 10.2. The Morgan fingerprint density at radius 2 is 2.00 bits per heavy atom. The molecule has 1 aromatic carbocycles. The van der Waals surface area contributed by atoms with Crippen molar-refractivity contribution in [2.75, 3.05) is 0 Å². The van der Waals surface area contributed by atoms with Gasteiger partial charge in [-0.1, -0.05) is 12.1 Å². The third kappa shape index (κ3) is 2.74. The van der Waals surface area contributed by atoms with Crippen molar-refractivity contribution >= 4 is 23.1 Å². The summed E-state index contributed by atoms with van der Waals surface area (Å²) < 4.78 is 4.06. The van der Waals surface area contributed by atoms with Crippen LogP contribution in [0.2, 0.25) is 0 Å². The standard InChI is InChI=1S/C16H18N4OS/c1-11-10-12(2)20(18-11)9-5-8-19-15(21)13-6-3-4-7-14(13)17-16(19)22/h3-4,6-7,10H,5,8-9H2,1-2H3,(H,17,22). The second kappa shape index (κ2) is 5.88. The molecule has 0 spiro atoms. The number of H-pyrrole nitrogens is 1. The van der Waals surface area contributed by atoms with Crippen molar-refractivity contribution in [2.45, 2.75) is 33.4 Å². The molecule has 22 heavy (non-hydrogen) atoms. The molecule has 3 aromatic rings. The number of para-hydroxylation sites is 1. The molecular formula is C16H18N4OS. The number of nitrogens with one attached hydrogen (secondary N) is 1. The molecule has 3 rings (SSSR count). The maximum atomic E-state index is 12.5. The summed E-state index contributed by atoms with van der Waals surface area (Å²) in [5, 5.41) is 5.10. The first kappa shape index (κ1) is 14.7. The molecule has 0 amide bonds. The fraction of sp³-hybridized carbons (Fsp3) is 0.312. The normalized spacial score (nSPS) is 11.2. The third-order valence-corrected chi connectivity index (χ3v) is 4.07. The van der Waals surface area contributed by atoms with E-state index in [1.165, 1.54) is 0 Å². The molecule has 0 bridgehead atoms. The molecule has 6 heteroatoms. The van der Waals surface area contributed by atoms with Gasteiger partial charge in [-0.15, -0.1) is 0 Å². The highest BCUT2D eigenvalue weighted by Crippen LogP contribution is 2.07. The van der Waals surface area contributed by atoms with Crippen LogP contribution in [-0.4, -0.2) is 19.3 Å². The molecule has 114 valence electrons. The summed E-state index contributed by atoms with van der Waals surface area (Å²) in [4.78, 5) is 15.6. The molecular weight excluding hydrogens is 296 g/mol. The minimum absolute atomic E-state index is 0.0345. The predicted octanol–water partition coefficient (Wildman–Crippen LogP) is 2.96. The quantitative estimate of drug-likeness (QED) is 0.753. The lowest BCUT2D eigenvalue weighted by molar-refractivity contribution is 0.505. The molecule has 0 atom stereocenters. The zero-order chi connectivity index (χ0) is 15.7. The maximum absolute atomic E-state index is 12.5. The molecule has 0 aliphatic carbocycles. The Kier molecular flexibility index (Phi) is 3.94. The van der Waals surface area contributed by atoms with Crippen molar-refractivity contribution in [3.05, 3.63) is 56.8 Å². The van der Waals surface area contributed by atoms with Gasteiger partial charge < -0.3 is 4.98 Å². The number of nitrogens with zero attached hydrogens (tertiary/aromatic N) is 3. The van der Waals surface area contributed by atoms with Gasteiger partial charge in [0.15, 0.2) is 4.77 Å². The maximum Gasteiger partial charge on any atom is 0.262 e. The number of aromatic amines is 1. The molecule has 0 unspecified atom stereocenters. The van der Waals surface area contributed by atoms with E-state index in [4.69, 9.17) is 12.2 Å². The van der Waals surface area contributed by atoms with Crippen molar-refractivity contribution in [3.63, 3.8) is 0 Å². The second-order valence-corrected chi connectivity index (χ2v) is 5.82. The highest BCUT2D eigenvalue weighted by molar-refractivity contribution is 7.71. The highest BCUT2D eigenvalue weighted by atomic mass is 32.1. The summed E-state index contributed by atoms with van der Waals surface area (Å²) in [7, 11) is 0. The van der Waals surface area contributed by atoms with E-state index in [9.17, 15) is 4.79 Å². The van der Waals surface area contributed by atoms with Gasteiger partial charge in [-0.05, 0) is 50.7 Å². The molecule has 0 saturated carbocycles. The van der Waals surface area contributed by atoms with E-state index < -0.39 is 0 Å². The van der Waals surface area contributed by atoms with Crippen LogP contribution in [0, 0.1) is 18.6 Å². The van der Waals surface area contributed by atoms with Crippen LogP contribution in [0.3, 0.4) is 0 Å². The lowest BCUT2D eigenvalue weighted by Crippen LogP contribution is -2.23. The van der Waals surface area contributed by atoms with E-state index in [1.54, 1.807) is 4.57 Å². The van der Waals surface area contributed by atoms with Gasteiger partial charge in [0.05, 0.1) is 16.6 Å². The van der Waals surface area contributed by atoms with E-state index in [0.717, 1.165) is 29.9 Å². The van der Waals surface area contributed by atoms with Crippen LogP contribution >= 0.6 is 12.2 Å². The van der Waals surface area contributed by atoms with Crippen molar-refractivity contribution in [1.82, 2.24) is 19.3 Å². The molecule has 0 fully saturated rings. The van der Waals surface area contributed by atoms with Crippen LogP contribution in [0.25, 0.3) is 10.9 Å². The molecule has 0 saturated heterocycles. The topological polar surface area (TPSA) is 55.6 Å². The summed E-state index contributed by atoms with van der Waals surface area (Å²) in [5.41, 5.74) is 2.89. The highest BCUT2D eigenvalue weighted by Gasteiger charge is 2.06. The van der Waals surface area contributed by atoms with Gasteiger partial charge >= 0.3 is 0 Å². The Morgan fingerprint density at radius 3 is 2.73 bits per heavy atom. The van der Waals surface area contributed by atoms with E-state index >= 15 is 0 Å². The molecule has 2 heterocycles. The molecule has 1 N–H and O–H groups in total. The number of benzene rings is 1. The molecule has 5 nitrogen and oxygen atoms in total. The molecule has 2 aromatic heterocycles. The van der Waals surface area contributed by atoms with Crippen molar-refractivity contribution < 1.29 is 0 Å². The Balaban J connectivity index is 1.84. The SMILES string of the molecule is Cc1cc(C)n(CCCn2c(=S)[nH]c3ccccc3c2=O)n1. The summed E-state index contributed by atoms with van der Waals surface area (Å²) >= 11 is 5.31. The first-order chi connectivity index (χ1) is 10.6. The van der Waals surface area contributed by atoms with Crippen molar-refractivity contribution in [1.29, 1.82) is 0 Å². The van der Waals surface area contributed by atoms with E-state index in [1.807, 2.05) is 42.8 Å². The zero-order valence-corrected chi connectivity index (χ0v) is 13.5. The van der Waals surface area contributed by atoms with Gasteiger partial charge in [0.1, 0.15) is 0 Å². The predicted molar refractivity (Wildman–Crippen MR) is 89.7 cm³/mol. The van der Waals surface area contributed by atoms with Crippen LogP contribution in [0.15, 0.2) is 35.1 Å². The van der Waals surface area contributed by atoms with Gasteiger partial charge in [0.2, 0.25) is 0 Å². The van der Waals surface area contributed by atoms with Crippen LogP contribution in [0.5, 0.6) is 0 Å². The average molecular weight is 314 g/mol. The van der Waals surface area contributed by atoms with Gasteiger partial charge in [0.25, 0.3) is 5.56 Å². The van der Waals surface area contributed by atoms with Crippen LogP contribution in [-0.2, 0) is 13.1 Å². The zero-order valence-electron chi connectivity index (χ0n) is 12.7. The molecule has 0 aliphatic rings. The summed E-state index contributed by atoms with van der Waals surface area (Å²) in [6.07, 6.45) is 0.803. The molecule has 0 aliphatic heterocycles. The first-order valence-corrected chi connectivity index (χ1v) is 7.70. The van der Waals surface area contributed by atoms with Gasteiger partial charge in [0, 0.05) is 18.8 Å². The number of aryl methyl sites for hydroxylation is 3. The Bertz CT molecular complexity index is 935. The summed E-state index contributed by atoms with van der Waals surface area (Å²) in [6.45, 7) is 5.37. The van der Waals surface area contributed by atoms with E-state index in [-0.39, 0.29) is 5.56 Å². The largest absolute Gasteiger partial charge is 0.332 e. The fourth-order valence-electron chi connectivity index (χ4n) is 2.68. The number of rotatable bonds is 4. The monoisotopic (exact) mass is 314 g/mol. The second-order valence-electron chi connectivity index (χ2n) is 5.44. The number of hydrogen-bond acceptors (Lipinski definition) is 3. The Morgan fingerprint density at radius 1 is 1.23 bits per heavy atom.